The minimum Gasteiger partial charge on any atom is -0.459 e. The van der Waals surface area contributed by atoms with Gasteiger partial charge in [-0.2, -0.15) is 0 Å². The molecule has 4 rings (SSSR count). The number of ether oxygens (including phenoxy) is 4. The number of rotatable bonds is 3. The number of carbonyl (C=O) groups excluding carboxylic acids is 1. The highest BCUT2D eigenvalue weighted by atomic mass is 16.7. The molecule has 3 fully saturated rings. The first kappa shape index (κ1) is 45.2. The van der Waals surface area contributed by atoms with Crippen LogP contribution in [0, 0.1) is 17.8 Å². The van der Waals surface area contributed by atoms with E-state index in [0.717, 1.165) is 31.4 Å². The summed E-state index contributed by atoms with van der Waals surface area (Å²) in [6.07, 6.45) is 3.50. The van der Waals surface area contributed by atoms with Crippen molar-refractivity contribution in [1.82, 2.24) is 0 Å². The third-order valence-electron chi connectivity index (χ3n) is 12.5. The van der Waals surface area contributed by atoms with Gasteiger partial charge >= 0.3 is 5.97 Å². The Morgan fingerprint density at radius 2 is 1.54 bits per heavy atom. The fourth-order valence-corrected chi connectivity index (χ4v) is 8.86. The van der Waals surface area contributed by atoms with Crippen LogP contribution in [0.25, 0.3) is 0 Å². The van der Waals surface area contributed by atoms with Crippen LogP contribution in [0.1, 0.15) is 132 Å². The van der Waals surface area contributed by atoms with E-state index in [2.05, 4.69) is 0 Å². The van der Waals surface area contributed by atoms with Gasteiger partial charge in [-0.1, -0.05) is 45.8 Å². The molecule has 15 atom stereocenters. The number of esters is 1. The van der Waals surface area contributed by atoms with Crippen molar-refractivity contribution in [1.29, 1.82) is 0 Å². The van der Waals surface area contributed by atoms with Crippen LogP contribution in [-0.2, 0) is 23.7 Å². The number of hydrogen-bond donors (Lipinski definition) is 8. The van der Waals surface area contributed by atoms with Crippen molar-refractivity contribution in [2.75, 3.05) is 0 Å². The molecule has 0 aromatic rings. The first-order chi connectivity index (χ1) is 25.0. The number of allylic oxidation sites excluding steroid dienone is 1. The third kappa shape index (κ3) is 11.1. The van der Waals surface area contributed by atoms with Crippen molar-refractivity contribution >= 4 is 5.97 Å². The average molecular weight is 771 g/mol. The standard InChI is InChI=1S/C41H70O13/c1-8-28(42)21-29-16-14-19-40(52-29)23-30-25(2)31(53-40)24-41(50)27(22-37(4,5)54-41)15-12-10-9-11-13-18-38(6,48)36(47)34(45)33(44)26(3)35(46)39(7,49)20-17-32(43)51-30/h12,15,17,20,25-31,33-36,42,44-50H,8-11,13-14,16,18-19,21-24H2,1-7H3/b15-12-,20-17-/t25-,26-,27+,28+,29+,30-,31-,33-,34+,35-,36-,38+,39-,40+,41+/m1/s1. The van der Waals surface area contributed by atoms with Gasteiger partial charge in [0.05, 0.1) is 41.7 Å². The lowest BCUT2D eigenvalue weighted by atomic mass is 9.79. The summed E-state index contributed by atoms with van der Waals surface area (Å²) in [4.78, 5) is 13.4. The van der Waals surface area contributed by atoms with Crippen LogP contribution in [0.4, 0.5) is 0 Å². The minimum atomic E-state index is -2.08. The molecule has 54 heavy (non-hydrogen) atoms. The number of fused-ring (bicyclic) bond motifs is 3. The van der Waals surface area contributed by atoms with Gasteiger partial charge in [0, 0.05) is 43.1 Å². The highest BCUT2D eigenvalue weighted by molar-refractivity contribution is 5.82. The Kier molecular flexibility index (Phi) is 15.0. The highest BCUT2D eigenvalue weighted by Crippen LogP contribution is 2.49. The van der Waals surface area contributed by atoms with Crippen molar-refractivity contribution in [3.8, 4) is 0 Å². The van der Waals surface area contributed by atoms with Crippen LogP contribution >= 0.6 is 0 Å². The molecule has 0 aromatic heterocycles. The molecule has 0 aliphatic carbocycles. The van der Waals surface area contributed by atoms with Gasteiger partial charge in [0.25, 0.3) is 0 Å². The summed E-state index contributed by atoms with van der Waals surface area (Å²) >= 11 is 0. The van der Waals surface area contributed by atoms with Gasteiger partial charge in [-0.3, -0.25) is 0 Å². The summed E-state index contributed by atoms with van der Waals surface area (Å²) in [5.74, 6) is -5.54. The van der Waals surface area contributed by atoms with Crippen molar-refractivity contribution in [2.24, 2.45) is 17.8 Å². The van der Waals surface area contributed by atoms with Crippen molar-refractivity contribution in [3.05, 3.63) is 24.3 Å². The zero-order valence-electron chi connectivity index (χ0n) is 33.5. The van der Waals surface area contributed by atoms with Gasteiger partial charge in [-0.15, -0.1) is 0 Å². The summed E-state index contributed by atoms with van der Waals surface area (Å²) in [6, 6.07) is 0. The minimum absolute atomic E-state index is 0.0776. The van der Waals surface area contributed by atoms with Crippen molar-refractivity contribution in [3.63, 3.8) is 0 Å². The molecule has 0 aromatic carbocycles. The lowest BCUT2D eigenvalue weighted by Crippen LogP contribution is -2.58. The fourth-order valence-electron chi connectivity index (χ4n) is 8.86. The maximum atomic E-state index is 13.4. The Hall–Kier alpha value is -1.49. The molecule has 312 valence electrons. The summed E-state index contributed by atoms with van der Waals surface area (Å²) in [6.45, 7) is 11.7. The molecular weight excluding hydrogens is 700 g/mol. The summed E-state index contributed by atoms with van der Waals surface area (Å²) in [5, 5.41) is 88.6. The van der Waals surface area contributed by atoms with Crippen LogP contribution in [0.5, 0.6) is 0 Å². The third-order valence-corrected chi connectivity index (χ3v) is 12.5. The van der Waals surface area contributed by atoms with Crippen LogP contribution in [0.15, 0.2) is 24.3 Å². The van der Waals surface area contributed by atoms with Crippen LogP contribution in [0.3, 0.4) is 0 Å². The molecule has 0 radical (unpaired) electrons. The number of aliphatic hydroxyl groups is 8. The van der Waals surface area contributed by atoms with Crippen LogP contribution in [-0.4, -0.2) is 124 Å². The molecule has 1 spiro atoms. The van der Waals surface area contributed by atoms with E-state index in [-0.39, 0.29) is 31.3 Å². The van der Waals surface area contributed by atoms with E-state index in [1.54, 1.807) is 0 Å². The van der Waals surface area contributed by atoms with Crippen molar-refractivity contribution in [2.45, 2.75) is 209 Å². The van der Waals surface area contributed by atoms with Gasteiger partial charge in [0.15, 0.2) is 11.6 Å². The highest BCUT2D eigenvalue weighted by Gasteiger charge is 2.56. The van der Waals surface area contributed by atoms with E-state index in [0.29, 0.717) is 44.9 Å². The van der Waals surface area contributed by atoms with Crippen LogP contribution in [0.2, 0.25) is 0 Å². The Balaban J connectivity index is 1.67. The number of carbonyl (C=O) groups is 1. The summed E-state index contributed by atoms with van der Waals surface area (Å²) < 4.78 is 25.8. The van der Waals surface area contributed by atoms with E-state index in [1.165, 1.54) is 20.8 Å². The van der Waals surface area contributed by atoms with Gasteiger partial charge in [0.1, 0.15) is 23.9 Å². The second-order valence-corrected chi connectivity index (χ2v) is 17.9. The summed E-state index contributed by atoms with van der Waals surface area (Å²) in [5.41, 5.74) is -4.46. The molecule has 0 unspecified atom stereocenters. The number of hydrogen-bond acceptors (Lipinski definition) is 13. The largest absolute Gasteiger partial charge is 0.459 e. The quantitative estimate of drug-likeness (QED) is 0.153. The van der Waals surface area contributed by atoms with Gasteiger partial charge in [0.2, 0.25) is 0 Å². The molecule has 4 heterocycles. The Morgan fingerprint density at radius 3 is 2.22 bits per heavy atom. The van der Waals surface area contributed by atoms with Gasteiger partial charge < -0.3 is 59.8 Å². The monoisotopic (exact) mass is 770 g/mol. The van der Waals surface area contributed by atoms with Gasteiger partial charge in [-0.05, 0) is 85.1 Å². The topological polar surface area (TPSA) is 216 Å². The normalized spacial score (nSPS) is 47.9. The van der Waals surface area contributed by atoms with Crippen LogP contribution < -0.4 is 0 Å². The van der Waals surface area contributed by atoms with E-state index < -0.39 is 88.9 Å². The first-order valence-electron chi connectivity index (χ1n) is 20.2. The predicted octanol–water partition coefficient (Wildman–Crippen LogP) is 3.30. The molecule has 4 aliphatic heterocycles. The molecular formula is C41H70O13. The molecule has 13 nitrogen and oxygen atoms in total. The van der Waals surface area contributed by atoms with Gasteiger partial charge in [-0.25, -0.2) is 4.79 Å². The molecule has 2 bridgehead atoms. The Bertz CT molecular complexity index is 1280. The Labute approximate surface area is 321 Å². The molecule has 0 saturated carbocycles. The second-order valence-electron chi connectivity index (χ2n) is 17.9. The molecule has 3 saturated heterocycles. The average Bonchev–Trinajstić information content (AvgIpc) is 3.33. The predicted molar refractivity (Wildman–Crippen MR) is 200 cm³/mol. The molecule has 4 aliphatic rings. The Morgan fingerprint density at radius 1 is 0.833 bits per heavy atom. The summed E-state index contributed by atoms with van der Waals surface area (Å²) in [7, 11) is 0. The maximum Gasteiger partial charge on any atom is 0.330 e. The zero-order chi connectivity index (χ0) is 40.3. The van der Waals surface area contributed by atoms with E-state index in [4.69, 9.17) is 18.9 Å². The molecule has 0 amide bonds. The lowest BCUT2D eigenvalue weighted by Gasteiger charge is -2.51. The van der Waals surface area contributed by atoms with Crippen molar-refractivity contribution < 1.29 is 64.6 Å². The SMILES string of the molecule is CC[C@H](O)C[C@@H]1CCC[C@]2(C[C@H]3OC(=O)/C=C\[C@@](C)(O)[C@H](O)[C@H](C)[C@@H](O)[C@H](O)[C@@H](O)[C@@](C)(O)CCCCC/C=C\[C@H]4CC(C)(C)O[C@@]4(O)C[C@@H](O2)[C@@H]3C)O1. The van der Waals surface area contributed by atoms with E-state index >= 15 is 0 Å². The smallest absolute Gasteiger partial charge is 0.330 e. The molecule has 13 heteroatoms. The fraction of sp³-hybridized carbons (Fsp3) is 0.878. The number of aliphatic hydroxyl groups excluding tert-OH is 5. The second kappa shape index (κ2) is 18.0. The lowest BCUT2D eigenvalue weighted by molar-refractivity contribution is -0.352. The zero-order valence-corrected chi connectivity index (χ0v) is 33.5. The maximum absolute atomic E-state index is 13.4. The van der Waals surface area contributed by atoms with E-state index in [9.17, 15) is 45.6 Å². The van der Waals surface area contributed by atoms with E-state index in [1.807, 2.05) is 39.8 Å². The molecule has 8 N–H and O–H groups in total. The first-order valence-corrected chi connectivity index (χ1v) is 20.2.